The van der Waals surface area contributed by atoms with Gasteiger partial charge in [0.25, 0.3) is 0 Å². The summed E-state index contributed by atoms with van der Waals surface area (Å²) in [5, 5.41) is 0. The van der Waals surface area contributed by atoms with Crippen molar-refractivity contribution >= 4 is 11.7 Å². The van der Waals surface area contributed by atoms with Gasteiger partial charge in [0.1, 0.15) is 0 Å². The summed E-state index contributed by atoms with van der Waals surface area (Å²) in [6.07, 6.45) is 0. The number of esters is 1. The zero-order valence-corrected chi connectivity index (χ0v) is 9.99. The summed E-state index contributed by atoms with van der Waals surface area (Å²) < 4.78 is 4.90. The smallest absolute Gasteiger partial charge is 0.338 e. The van der Waals surface area contributed by atoms with Gasteiger partial charge in [0.2, 0.25) is 0 Å². The molecule has 4 heteroatoms. The number of ether oxygens (including phenoxy) is 1. The monoisotopic (exact) mass is 222 g/mol. The Kier molecular flexibility index (Phi) is 4.31. The lowest BCUT2D eigenvalue weighted by molar-refractivity contribution is 0.0526. The highest BCUT2D eigenvalue weighted by molar-refractivity contribution is 5.90. The fourth-order valence-electron chi connectivity index (χ4n) is 1.42. The molecule has 16 heavy (non-hydrogen) atoms. The molecule has 88 valence electrons. The van der Waals surface area contributed by atoms with E-state index in [0.29, 0.717) is 17.9 Å². The Bertz CT molecular complexity index is 375. The molecule has 0 unspecified atom stereocenters. The highest BCUT2D eigenvalue weighted by atomic mass is 16.5. The van der Waals surface area contributed by atoms with Crippen LogP contribution < -0.4 is 5.73 Å². The second-order valence-corrected chi connectivity index (χ2v) is 3.87. The Morgan fingerprint density at radius 2 is 2.12 bits per heavy atom. The van der Waals surface area contributed by atoms with Crippen LogP contribution in [0.15, 0.2) is 18.2 Å². The van der Waals surface area contributed by atoms with E-state index in [0.717, 1.165) is 12.1 Å². The molecule has 0 aliphatic carbocycles. The quantitative estimate of drug-likeness (QED) is 0.619. The van der Waals surface area contributed by atoms with Gasteiger partial charge in [-0.25, -0.2) is 4.79 Å². The highest BCUT2D eigenvalue weighted by Gasteiger charge is 2.09. The maximum atomic E-state index is 11.4. The van der Waals surface area contributed by atoms with Crippen molar-refractivity contribution in [3.8, 4) is 0 Å². The van der Waals surface area contributed by atoms with Gasteiger partial charge in [0, 0.05) is 12.2 Å². The first kappa shape index (κ1) is 12.5. The fraction of sp³-hybridized carbons (Fsp3) is 0.417. The van der Waals surface area contributed by atoms with Crippen LogP contribution in [0, 0.1) is 0 Å². The number of anilines is 1. The minimum Gasteiger partial charge on any atom is -0.462 e. The number of hydrogen-bond acceptors (Lipinski definition) is 4. The summed E-state index contributed by atoms with van der Waals surface area (Å²) in [5.74, 6) is -0.328. The first-order valence-electron chi connectivity index (χ1n) is 5.24. The van der Waals surface area contributed by atoms with E-state index < -0.39 is 0 Å². The van der Waals surface area contributed by atoms with Crippen molar-refractivity contribution in [2.24, 2.45) is 0 Å². The molecule has 0 fully saturated rings. The first-order chi connectivity index (χ1) is 7.54. The Morgan fingerprint density at radius 3 is 2.62 bits per heavy atom. The van der Waals surface area contributed by atoms with Gasteiger partial charge in [-0.3, -0.25) is 0 Å². The molecule has 2 N–H and O–H groups in total. The standard InChI is InChI=1S/C12H18N2O2/c1-4-16-12(15)9-5-6-10(8-14(2)3)11(13)7-9/h5-7H,4,8,13H2,1-3H3. The van der Waals surface area contributed by atoms with E-state index in [-0.39, 0.29) is 5.97 Å². The van der Waals surface area contributed by atoms with E-state index in [9.17, 15) is 4.79 Å². The van der Waals surface area contributed by atoms with Crippen LogP contribution in [-0.2, 0) is 11.3 Å². The molecule has 0 heterocycles. The number of benzene rings is 1. The average molecular weight is 222 g/mol. The van der Waals surface area contributed by atoms with Crippen molar-refractivity contribution in [2.45, 2.75) is 13.5 Å². The average Bonchev–Trinajstić information content (AvgIpc) is 2.20. The largest absolute Gasteiger partial charge is 0.462 e. The molecule has 0 saturated heterocycles. The molecule has 0 saturated carbocycles. The number of rotatable bonds is 4. The lowest BCUT2D eigenvalue weighted by atomic mass is 10.1. The number of nitrogens with two attached hydrogens (primary N) is 1. The fourth-order valence-corrected chi connectivity index (χ4v) is 1.42. The molecule has 4 nitrogen and oxygen atoms in total. The minimum atomic E-state index is -0.328. The number of nitrogens with zero attached hydrogens (tertiary/aromatic N) is 1. The van der Waals surface area contributed by atoms with Gasteiger partial charge in [0.15, 0.2) is 0 Å². The lowest BCUT2D eigenvalue weighted by Gasteiger charge is -2.12. The van der Waals surface area contributed by atoms with E-state index in [1.165, 1.54) is 0 Å². The molecule has 0 radical (unpaired) electrons. The SMILES string of the molecule is CCOC(=O)c1ccc(CN(C)C)c(N)c1. The second kappa shape index (κ2) is 5.51. The van der Waals surface area contributed by atoms with E-state index in [4.69, 9.17) is 10.5 Å². The topological polar surface area (TPSA) is 55.6 Å². The summed E-state index contributed by atoms with van der Waals surface area (Å²) in [5.41, 5.74) is 8.01. The molecule has 0 atom stereocenters. The van der Waals surface area contributed by atoms with Crippen LogP contribution in [0.1, 0.15) is 22.8 Å². The van der Waals surface area contributed by atoms with E-state index in [2.05, 4.69) is 0 Å². The van der Waals surface area contributed by atoms with Gasteiger partial charge in [-0.15, -0.1) is 0 Å². The zero-order chi connectivity index (χ0) is 12.1. The Balaban J connectivity index is 2.86. The van der Waals surface area contributed by atoms with Crippen LogP contribution >= 0.6 is 0 Å². The van der Waals surface area contributed by atoms with Gasteiger partial charge >= 0.3 is 5.97 Å². The van der Waals surface area contributed by atoms with Crippen LogP contribution in [-0.4, -0.2) is 31.6 Å². The summed E-state index contributed by atoms with van der Waals surface area (Å²) >= 11 is 0. The van der Waals surface area contributed by atoms with Crippen molar-refractivity contribution in [2.75, 3.05) is 26.4 Å². The minimum absolute atomic E-state index is 0.328. The van der Waals surface area contributed by atoms with Crippen molar-refractivity contribution in [1.29, 1.82) is 0 Å². The third kappa shape index (κ3) is 3.24. The summed E-state index contributed by atoms with van der Waals surface area (Å²) in [4.78, 5) is 13.5. The van der Waals surface area contributed by atoms with Gasteiger partial charge in [-0.2, -0.15) is 0 Å². The van der Waals surface area contributed by atoms with Gasteiger partial charge in [-0.1, -0.05) is 6.07 Å². The predicted molar refractivity (Wildman–Crippen MR) is 64.2 cm³/mol. The van der Waals surface area contributed by atoms with Crippen LogP contribution in [0.2, 0.25) is 0 Å². The zero-order valence-electron chi connectivity index (χ0n) is 9.99. The number of nitrogen functional groups attached to an aromatic ring is 1. The third-order valence-electron chi connectivity index (χ3n) is 2.14. The van der Waals surface area contributed by atoms with Crippen LogP contribution in [0.3, 0.4) is 0 Å². The number of hydrogen-bond donors (Lipinski definition) is 1. The Morgan fingerprint density at radius 1 is 1.44 bits per heavy atom. The van der Waals surface area contributed by atoms with E-state index in [1.807, 2.05) is 25.1 Å². The number of carbonyl (C=O) groups is 1. The van der Waals surface area contributed by atoms with Crippen LogP contribution in [0.25, 0.3) is 0 Å². The molecular weight excluding hydrogens is 204 g/mol. The van der Waals surface area contributed by atoms with Crippen LogP contribution in [0.5, 0.6) is 0 Å². The first-order valence-corrected chi connectivity index (χ1v) is 5.24. The highest BCUT2D eigenvalue weighted by Crippen LogP contribution is 2.16. The van der Waals surface area contributed by atoms with Gasteiger partial charge in [0.05, 0.1) is 12.2 Å². The second-order valence-electron chi connectivity index (χ2n) is 3.87. The van der Waals surface area contributed by atoms with Crippen molar-refractivity contribution < 1.29 is 9.53 Å². The maximum absolute atomic E-state index is 11.4. The normalized spacial score (nSPS) is 10.5. The predicted octanol–water partition coefficient (Wildman–Crippen LogP) is 1.51. The molecule has 0 aromatic heterocycles. The summed E-state index contributed by atoms with van der Waals surface area (Å²) in [6, 6.07) is 5.27. The third-order valence-corrected chi connectivity index (χ3v) is 2.14. The van der Waals surface area contributed by atoms with Crippen molar-refractivity contribution in [3.05, 3.63) is 29.3 Å². The molecule has 0 aliphatic rings. The summed E-state index contributed by atoms with van der Waals surface area (Å²) in [7, 11) is 3.94. The molecule has 1 aromatic rings. The Hall–Kier alpha value is -1.55. The van der Waals surface area contributed by atoms with Gasteiger partial charge in [-0.05, 0) is 38.7 Å². The lowest BCUT2D eigenvalue weighted by Crippen LogP contribution is -2.13. The molecular formula is C12H18N2O2. The Labute approximate surface area is 96.0 Å². The molecule has 0 aliphatic heterocycles. The summed E-state index contributed by atoms with van der Waals surface area (Å²) in [6.45, 7) is 2.91. The maximum Gasteiger partial charge on any atom is 0.338 e. The molecule has 1 aromatic carbocycles. The van der Waals surface area contributed by atoms with E-state index >= 15 is 0 Å². The molecule has 0 bridgehead atoms. The molecule has 1 rings (SSSR count). The van der Waals surface area contributed by atoms with Crippen LogP contribution in [0.4, 0.5) is 5.69 Å². The molecule has 0 spiro atoms. The van der Waals surface area contributed by atoms with E-state index in [1.54, 1.807) is 19.1 Å². The van der Waals surface area contributed by atoms with Gasteiger partial charge < -0.3 is 15.4 Å². The van der Waals surface area contributed by atoms with Crippen molar-refractivity contribution in [1.82, 2.24) is 4.90 Å². The number of carbonyl (C=O) groups excluding carboxylic acids is 1. The molecule has 0 amide bonds. The van der Waals surface area contributed by atoms with Crippen molar-refractivity contribution in [3.63, 3.8) is 0 Å².